The zero-order valence-corrected chi connectivity index (χ0v) is 19.1. The molecule has 3 heterocycles. The molecule has 2 N–H and O–H groups in total. The third kappa shape index (κ3) is 6.11. The van der Waals surface area contributed by atoms with Gasteiger partial charge in [0.25, 0.3) is 5.91 Å². The first-order valence-electron chi connectivity index (χ1n) is 11.2. The van der Waals surface area contributed by atoms with Gasteiger partial charge in [0.2, 0.25) is 0 Å². The number of rotatable bonds is 5. The van der Waals surface area contributed by atoms with Crippen LogP contribution in [-0.4, -0.2) is 65.5 Å². The predicted molar refractivity (Wildman–Crippen MR) is 125 cm³/mol. The number of carbonyl (C=O) groups excluding carboxylic acids is 1. The molecule has 1 amide bonds. The number of fused-ring (bicyclic) bond motifs is 1. The lowest BCUT2D eigenvalue weighted by atomic mass is 10.0. The molecule has 184 valence electrons. The summed E-state index contributed by atoms with van der Waals surface area (Å²) in [4.78, 5) is 14.0. The number of hydrogen-bond acceptors (Lipinski definition) is 4. The molecule has 4 rings (SSSR count). The molecule has 1 fully saturated rings. The van der Waals surface area contributed by atoms with Gasteiger partial charge in [0.15, 0.2) is 0 Å². The molecule has 0 radical (unpaired) electrons. The maximum atomic E-state index is 14.5. The highest BCUT2D eigenvalue weighted by Gasteiger charge is 2.32. The summed E-state index contributed by atoms with van der Waals surface area (Å²) >= 11 is 0. The zero-order valence-electron chi connectivity index (χ0n) is 19.1. The molecule has 0 spiro atoms. The van der Waals surface area contributed by atoms with Gasteiger partial charge in [0.1, 0.15) is 17.7 Å². The van der Waals surface area contributed by atoms with Crippen molar-refractivity contribution < 1.29 is 22.4 Å². The fourth-order valence-corrected chi connectivity index (χ4v) is 4.06. The summed E-state index contributed by atoms with van der Waals surface area (Å²) in [6.07, 6.45) is -6.25. The third-order valence-corrected chi connectivity index (χ3v) is 5.79. The van der Waals surface area contributed by atoms with Crippen LogP contribution in [0.5, 0.6) is 0 Å². The smallest absolute Gasteiger partial charge is 0.364 e. The molecule has 3 aromatic rings. The third-order valence-electron chi connectivity index (χ3n) is 5.79. The number of benzene rings is 1. The van der Waals surface area contributed by atoms with Crippen molar-refractivity contribution in [2.45, 2.75) is 31.2 Å². The van der Waals surface area contributed by atoms with Gasteiger partial charge < -0.3 is 15.5 Å². The van der Waals surface area contributed by atoms with E-state index in [4.69, 9.17) is 0 Å². The molecular weight excluding hydrogens is 462 g/mol. The molecular formula is C25H25F4N5O. The minimum Gasteiger partial charge on any atom is -0.364 e. The Morgan fingerprint density at radius 3 is 2.66 bits per heavy atom. The Morgan fingerprint density at radius 1 is 1.17 bits per heavy atom. The first kappa shape index (κ1) is 24.5. The van der Waals surface area contributed by atoms with E-state index in [1.807, 2.05) is 11.9 Å². The van der Waals surface area contributed by atoms with Crippen LogP contribution >= 0.6 is 0 Å². The molecule has 1 aliphatic heterocycles. The number of alkyl halides is 4. The summed E-state index contributed by atoms with van der Waals surface area (Å²) < 4.78 is 56.0. The minimum absolute atomic E-state index is 0.0364. The summed E-state index contributed by atoms with van der Waals surface area (Å²) in [6.45, 7) is 0.923. The van der Waals surface area contributed by atoms with Gasteiger partial charge in [-0.15, -0.1) is 0 Å². The highest BCUT2D eigenvalue weighted by atomic mass is 19.4. The van der Waals surface area contributed by atoms with Crippen LogP contribution < -0.4 is 10.6 Å². The number of anilines is 1. The second-order valence-corrected chi connectivity index (χ2v) is 8.50. The predicted octanol–water partition coefficient (Wildman–Crippen LogP) is 3.67. The number of pyridine rings is 1. The SMILES string of the molecule is CN1CC[C@@H](Nc2cccc3c(CC(F)(F)F)c(C#CCNC(=O)c4ccccc4)nn23)[C@@H](F)C1. The summed E-state index contributed by atoms with van der Waals surface area (Å²) in [7, 11) is 1.84. The van der Waals surface area contributed by atoms with Gasteiger partial charge in [-0.05, 0) is 43.7 Å². The van der Waals surface area contributed by atoms with Crippen LogP contribution in [0, 0.1) is 11.8 Å². The Bertz CT molecular complexity index is 1250. The molecule has 35 heavy (non-hydrogen) atoms. The monoisotopic (exact) mass is 487 g/mol. The van der Waals surface area contributed by atoms with E-state index in [0.717, 1.165) is 0 Å². The lowest BCUT2D eigenvalue weighted by Crippen LogP contribution is -2.46. The Hall–Kier alpha value is -3.58. The van der Waals surface area contributed by atoms with Gasteiger partial charge in [-0.25, -0.2) is 8.91 Å². The van der Waals surface area contributed by atoms with Crippen LogP contribution in [0.15, 0.2) is 48.5 Å². The quantitative estimate of drug-likeness (QED) is 0.426. The van der Waals surface area contributed by atoms with Crippen molar-refractivity contribution in [2.24, 2.45) is 0 Å². The van der Waals surface area contributed by atoms with E-state index in [1.165, 1.54) is 10.6 Å². The number of carbonyl (C=O) groups is 1. The van der Waals surface area contributed by atoms with Crippen LogP contribution in [0.2, 0.25) is 0 Å². The van der Waals surface area contributed by atoms with Crippen LogP contribution in [0.1, 0.15) is 28.0 Å². The number of hydrogen-bond donors (Lipinski definition) is 2. The lowest BCUT2D eigenvalue weighted by Gasteiger charge is -2.33. The molecule has 2 aromatic heterocycles. The molecule has 0 aliphatic carbocycles. The van der Waals surface area contributed by atoms with Crippen molar-refractivity contribution in [3.05, 3.63) is 65.4 Å². The van der Waals surface area contributed by atoms with E-state index in [9.17, 15) is 22.4 Å². The van der Waals surface area contributed by atoms with E-state index in [-0.39, 0.29) is 35.8 Å². The molecule has 0 bridgehead atoms. The van der Waals surface area contributed by atoms with Gasteiger partial charge in [0, 0.05) is 24.2 Å². The Labute approximate surface area is 200 Å². The first-order chi connectivity index (χ1) is 16.7. The highest BCUT2D eigenvalue weighted by molar-refractivity contribution is 5.94. The zero-order chi connectivity index (χ0) is 25.0. The fourth-order valence-electron chi connectivity index (χ4n) is 4.06. The maximum Gasteiger partial charge on any atom is 0.393 e. The average molecular weight is 488 g/mol. The summed E-state index contributed by atoms with van der Waals surface area (Å²) in [6, 6.07) is 12.8. The van der Waals surface area contributed by atoms with Gasteiger partial charge in [0.05, 0.1) is 24.5 Å². The Balaban J connectivity index is 1.59. The van der Waals surface area contributed by atoms with E-state index < -0.39 is 24.8 Å². The summed E-state index contributed by atoms with van der Waals surface area (Å²) in [5.41, 5.74) is 0.595. The van der Waals surface area contributed by atoms with Crippen LogP contribution in [0.4, 0.5) is 23.4 Å². The van der Waals surface area contributed by atoms with Crippen molar-refractivity contribution in [1.29, 1.82) is 0 Å². The largest absolute Gasteiger partial charge is 0.393 e. The number of halogens is 4. The number of likely N-dealkylation sites (tertiary alicyclic amines) is 1. The van der Waals surface area contributed by atoms with Crippen molar-refractivity contribution in [1.82, 2.24) is 19.8 Å². The fraction of sp³-hybridized carbons (Fsp3) is 0.360. The second kappa shape index (κ2) is 10.4. The number of aromatic nitrogens is 2. The molecule has 1 aliphatic rings. The molecule has 2 atom stereocenters. The average Bonchev–Trinajstić information content (AvgIpc) is 3.15. The van der Waals surface area contributed by atoms with E-state index in [1.54, 1.807) is 42.5 Å². The summed E-state index contributed by atoms with van der Waals surface area (Å²) in [5.74, 6) is 5.42. The Morgan fingerprint density at radius 2 is 1.94 bits per heavy atom. The van der Waals surface area contributed by atoms with Gasteiger partial charge >= 0.3 is 6.18 Å². The normalized spacial score (nSPS) is 18.7. The van der Waals surface area contributed by atoms with Crippen molar-refractivity contribution in [3.8, 4) is 11.8 Å². The molecule has 0 saturated carbocycles. The molecule has 1 aromatic carbocycles. The molecule has 1 saturated heterocycles. The van der Waals surface area contributed by atoms with E-state index >= 15 is 0 Å². The first-order valence-corrected chi connectivity index (χ1v) is 11.2. The van der Waals surface area contributed by atoms with Crippen LogP contribution in [0.25, 0.3) is 5.52 Å². The minimum atomic E-state index is -4.47. The van der Waals surface area contributed by atoms with Gasteiger partial charge in [-0.1, -0.05) is 30.2 Å². The lowest BCUT2D eigenvalue weighted by molar-refractivity contribution is -0.127. The van der Waals surface area contributed by atoms with Crippen LogP contribution in [0.3, 0.4) is 0 Å². The number of nitrogens with zero attached hydrogens (tertiary/aromatic N) is 3. The van der Waals surface area contributed by atoms with Crippen molar-refractivity contribution in [3.63, 3.8) is 0 Å². The standard InChI is InChI=1S/C25H25F4N5O/c1-33-14-12-21(19(26)16-33)31-23-11-5-10-22-18(15-25(27,28)29)20(32-34(22)23)9-6-13-30-24(35)17-7-3-2-4-8-17/h2-5,7-8,10-11,19,21,31H,12-16H2,1H3,(H,30,35)/t19-,21+/m0/s1. The van der Waals surface area contributed by atoms with Gasteiger partial charge in [-0.2, -0.15) is 18.3 Å². The maximum absolute atomic E-state index is 14.5. The topological polar surface area (TPSA) is 61.7 Å². The number of amides is 1. The highest BCUT2D eigenvalue weighted by Crippen LogP contribution is 2.28. The van der Waals surface area contributed by atoms with E-state index in [2.05, 4.69) is 27.6 Å². The van der Waals surface area contributed by atoms with Crippen LogP contribution in [-0.2, 0) is 6.42 Å². The molecule has 10 heteroatoms. The molecule has 0 unspecified atom stereocenters. The molecule has 6 nitrogen and oxygen atoms in total. The van der Waals surface area contributed by atoms with E-state index in [0.29, 0.717) is 24.3 Å². The van der Waals surface area contributed by atoms with Crippen molar-refractivity contribution >= 4 is 17.2 Å². The second-order valence-electron chi connectivity index (χ2n) is 8.50. The number of nitrogens with one attached hydrogen (secondary N) is 2. The number of piperidine rings is 1. The summed E-state index contributed by atoms with van der Waals surface area (Å²) in [5, 5.41) is 10.0. The van der Waals surface area contributed by atoms with Crippen molar-refractivity contribution in [2.75, 3.05) is 32.0 Å². The Kier molecular flexibility index (Phi) is 7.26. The van der Waals surface area contributed by atoms with Gasteiger partial charge in [-0.3, -0.25) is 4.79 Å².